The fourth-order valence-electron chi connectivity index (χ4n) is 4.35. The smallest absolute Gasteiger partial charge is 0.308 e. The van der Waals surface area contributed by atoms with Crippen molar-refractivity contribution in [3.63, 3.8) is 0 Å². The molecule has 0 radical (unpaired) electrons. The summed E-state index contributed by atoms with van der Waals surface area (Å²) in [4.78, 5) is 21.3. The van der Waals surface area contributed by atoms with Crippen molar-refractivity contribution in [2.75, 3.05) is 7.11 Å². The van der Waals surface area contributed by atoms with E-state index in [4.69, 9.17) is 4.74 Å². The molecule has 0 saturated carbocycles. The summed E-state index contributed by atoms with van der Waals surface area (Å²) in [5, 5.41) is 18.9. The van der Waals surface area contributed by atoms with Crippen molar-refractivity contribution >= 4 is 5.97 Å². The summed E-state index contributed by atoms with van der Waals surface area (Å²) >= 11 is 0. The number of ether oxygens (including phenoxy) is 1. The molecule has 1 aliphatic rings. The molecule has 142 valence electrons. The van der Waals surface area contributed by atoms with Crippen molar-refractivity contribution in [1.82, 2.24) is 9.97 Å². The zero-order valence-corrected chi connectivity index (χ0v) is 16.5. The van der Waals surface area contributed by atoms with Gasteiger partial charge in [0, 0.05) is 11.0 Å². The molecule has 28 heavy (non-hydrogen) atoms. The Morgan fingerprint density at radius 1 is 1.11 bits per heavy atom. The lowest BCUT2D eigenvalue weighted by Crippen LogP contribution is -2.33. The summed E-state index contributed by atoms with van der Waals surface area (Å²) < 4.78 is 4.96. The van der Waals surface area contributed by atoms with Gasteiger partial charge in [0.2, 0.25) is 0 Å². The molecule has 6 nitrogen and oxygen atoms in total. The van der Waals surface area contributed by atoms with Gasteiger partial charge in [-0.3, -0.25) is 4.79 Å². The predicted octanol–water partition coefficient (Wildman–Crippen LogP) is 3.73. The number of methoxy groups -OCH3 is 1. The Bertz CT molecular complexity index is 1020. The van der Waals surface area contributed by atoms with E-state index in [9.17, 15) is 15.3 Å². The predicted molar refractivity (Wildman–Crippen MR) is 103 cm³/mol. The van der Waals surface area contributed by atoms with Gasteiger partial charge in [-0.1, -0.05) is 45.0 Å². The van der Waals surface area contributed by atoms with E-state index >= 15 is 0 Å². The monoisotopic (exact) mass is 374 g/mol. The summed E-state index contributed by atoms with van der Waals surface area (Å²) in [6.45, 7) is 6.08. The second-order valence-corrected chi connectivity index (χ2v) is 7.70. The molecule has 0 amide bonds. The highest BCUT2D eigenvalue weighted by molar-refractivity contribution is 5.79. The number of esters is 1. The van der Waals surface area contributed by atoms with Gasteiger partial charge >= 0.3 is 5.97 Å². The number of benzene rings is 1. The SMILES string of the molecule is COC(=O)C(C)CC1(CC(C)C)c2ccccc2-c2nc(C#N)c(C#N)nc21. The van der Waals surface area contributed by atoms with E-state index in [1.807, 2.05) is 43.3 Å². The van der Waals surface area contributed by atoms with Gasteiger partial charge < -0.3 is 4.74 Å². The molecule has 6 heteroatoms. The molecule has 2 unspecified atom stereocenters. The average molecular weight is 374 g/mol. The quantitative estimate of drug-likeness (QED) is 0.739. The maximum atomic E-state index is 12.2. The normalized spacial score (nSPS) is 18.0. The first-order valence-corrected chi connectivity index (χ1v) is 9.28. The van der Waals surface area contributed by atoms with Crippen LogP contribution in [0.3, 0.4) is 0 Å². The Balaban J connectivity index is 2.32. The fourth-order valence-corrected chi connectivity index (χ4v) is 4.35. The van der Waals surface area contributed by atoms with Crippen molar-refractivity contribution in [1.29, 1.82) is 10.5 Å². The Morgan fingerprint density at radius 3 is 2.36 bits per heavy atom. The molecule has 0 fully saturated rings. The molecule has 0 saturated heterocycles. The van der Waals surface area contributed by atoms with E-state index in [2.05, 4.69) is 23.8 Å². The lowest BCUT2D eigenvalue weighted by atomic mass is 9.69. The fraction of sp³-hybridized carbons (Fsp3) is 0.409. The summed E-state index contributed by atoms with van der Waals surface area (Å²) in [6.07, 6.45) is 1.23. The van der Waals surface area contributed by atoms with Crippen LogP contribution in [0.25, 0.3) is 11.3 Å². The largest absolute Gasteiger partial charge is 0.469 e. The second-order valence-electron chi connectivity index (χ2n) is 7.70. The van der Waals surface area contributed by atoms with Crippen LogP contribution in [0.2, 0.25) is 0 Å². The number of aromatic nitrogens is 2. The van der Waals surface area contributed by atoms with E-state index in [1.54, 1.807) is 0 Å². The van der Waals surface area contributed by atoms with Crippen LogP contribution in [0.5, 0.6) is 0 Å². The topological polar surface area (TPSA) is 99.7 Å². The summed E-state index contributed by atoms with van der Waals surface area (Å²) in [5.41, 5.74) is 2.72. The van der Waals surface area contributed by atoms with E-state index < -0.39 is 5.41 Å². The highest BCUT2D eigenvalue weighted by atomic mass is 16.5. The number of carbonyl (C=O) groups is 1. The number of rotatable bonds is 5. The van der Waals surface area contributed by atoms with Crippen LogP contribution in [0.15, 0.2) is 24.3 Å². The van der Waals surface area contributed by atoms with Gasteiger partial charge in [0.15, 0.2) is 11.4 Å². The van der Waals surface area contributed by atoms with Gasteiger partial charge in [-0.25, -0.2) is 9.97 Å². The summed E-state index contributed by atoms with van der Waals surface area (Å²) in [5.74, 6) is -0.325. The van der Waals surface area contributed by atoms with Crippen LogP contribution >= 0.6 is 0 Å². The van der Waals surface area contributed by atoms with Gasteiger partial charge in [-0.05, 0) is 24.3 Å². The third kappa shape index (κ3) is 3.01. The average Bonchev–Trinajstić information content (AvgIpc) is 2.95. The van der Waals surface area contributed by atoms with E-state index in [1.165, 1.54) is 7.11 Å². The lowest BCUT2D eigenvalue weighted by Gasteiger charge is -2.34. The Morgan fingerprint density at radius 2 is 1.75 bits per heavy atom. The molecule has 1 aromatic carbocycles. The van der Waals surface area contributed by atoms with E-state index in [0.717, 1.165) is 17.5 Å². The minimum absolute atomic E-state index is 0.0212. The molecule has 0 spiro atoms. The van der Waals surface area contributed by atoms with Gasteiger partial charge in [-0.15, -0.1) is 0 Å². The van der Waals surface area contributed by atoms with Crippen LogP contribution in [0, 0.1) is 34.5 Å². The number of nitrogens with zero attached hydrogens (tertiary/aromatic N) is 4. The van der Waals surface area contributed by atoms with Gasteiger partial charge in [0.25, 0.3) is 0 Å². The van der Waals surface area contributed by atoms with Crippen LogP contribution in [0.4, 0.5) is 0 Å². The minimum Gasteiger partial charge on any atom is -0.469 e. The zero-order valence-electron chi connectivity index (χ0n) is 16.5. The number of hydrogen-bond donors (Lipinski definition) is 0. The lowest BCUT2D eigenvalue weighted by molar-refractivity contribution is -0.145. The first-order valence-electron chi connectivity index (χ1n) is 9.28. The van der Waals surface area contributed by atoms with E-state index in [-0.39, 0.29) is 23.3 Å². The Kier molecular flexibility index (Phi) is 5.16. The first-order chi connectivity index (χ1) is 13.4. The molecule has 1 aromatic heterocycles. The van der Waals surface area contributed by atoms with Crippen LogP contribution < -0.4 is 0 Å². The highest BCUT2D eigenvalue weighted by Crippen LogP contribution is 2.53. The molecular weight excluding hydrogens is 352 g/mol. The molecular formula is C22H22N4O2. The van der Waals surface area contributed by atoms with Crippen molar-refractivity contribution in [2.24, 2.45) is 11.8 Å². The maximum absolute atomic E-state index is 12.2. The number of fused-ring (bicyclic) bond motifs is 3. The maximum Gasteiger partial charge on any atom is 0.308 e. The highest BCUT2D eigenvalue weighted by Gasteiger charge is 2.48. The molecule has 2 atom stereocenters. The summed E-state index contributed by atoms with van der Waals surface area (Å²) in [6, 6.07) is 11.8. The van der Waals surface area contributed by atoms with Crippen molar-refractivity contribution in [2.45, 2.75) is 39.0 Å². The molecule has 0 aliphatic heterocycles. The molecule has 1 heterocycles. The van der Waals surface area contributed by atoms with Gasteiger partial charge in [0.05, 0.1) is 24.4 Å². The second kappa shape index (κ2) is 7.40. The van der Waals surface area contributed by atoms with Crippen molar-refractivity contribution < 1.29 is 9.53 Å². The van der Waals surface area contributed by atoms with Crippen molar-refractivity contribution in [3.05, 3.63) is 46.9 Å². The van der Waals surface area contributed by atoms with E-state index in [0.29, 0.717) is 23.7 Å². The molecule has 0 N–H and O–H groups in total. The first kappa shape index (κ1) is 19.5. The zero-order chi connectivity index (χ0) is 20.5. The van der Waals surface area contributed by atoms with Crippen LogP contribution in [-0.4, -0.2) is 23.0 Å². The molecule has 1 aliphatic carbocycles. The Labute approximate surface area is 164 Å². The number of nitriles is 2. The van der Waals surface area contributed by atoms with Crippen LogP contribution in [0.1, 0.15) is 56.3 Å². The standard InChI is InChI=1S/C22H22N4O2/c1-13(2)9-22(10-14(3)21(27)28-4)16-8-6-5-7-15(16)19-20(22)26-18(12-24)17(11-23)25-19/h5-8,13-14H,9-10H2,1-4H3. The van der Waals surface area contributed by atoms with Gasteiger partial charge in [0.1, 0.15) is 12.1 Å². The molecule has 0 bridgehead atoms. The molecule has 3 rings (SSSR count). The Hall–Kier alpha value is -3.25. The number of carbonyl (C=O) groups excluding carboxylic acids is 1. The summed E-state index contributed by atoms with van der Waals surface area (Å²) in [7, 11) is 1.39. The molecule has 2 aromatic rings. The third-order valence-corrected chi connectivity index (χ3v) is 5.27. The van der Waals surface area contributed by atoms with Crippen molar-refractivity contribution in [3.8, 4) is 23.4 Å². The third-order valence-electron chi connectivity index (χ3n) is 5.27. The number of hydrogen-bond acceptors (Lipinski definition) is 6. The van der Waals surface area contributed by atoms with Gasteiger partial charge in [-0.2, -0.15) is 10.5 Å². The van der Waals surface area contributed by atoms with Crippen LogP contribution in [-0.2, 0) is 14.9 Å². The minimum atomic E-state index is -0.569.